The first-order chi connectivity index (χ1) is 8.15. The first-order valence-electron chi connectivity index (χ1n) is 5.37. The molecule has 0 fully saturated rings. The molecule has 0 saturated carbocycles. The van der Waals surface area contributed by atoms with Crippen LogP contribution in [0.4, 0.5) is 0 Å². The monoisotopic (exact) mass is 298 g/mol. The zero-order chi connectivity index (χ0) is 12.7. The fraction of sp³-hybridized carbons (Fsp3) is 0.308. The van der Waals surface area contributed by atoms with Crippen LogP contribution in [0.5, 0.6) is 0 Å². The molecule has 1 aromatic rings. The van der Waals surface area contributed by atoms with Crippen molar-refractivity contribution in [1.82, 2.24) is 0 Å². The molecule has 3 nitrogen and oxygen atoms in total. The van der Waals surface area contributed by atoms with E-state index in [2.05, 4.69) is 15.9 Å². The van der Waals surface area contributed by atoms with Crippen LogP contribution in [-0.2, 0) is 9.53 Å². The summed E-state index contributed by atoms with van der Waals surface area (Å²) in [6.45, 7) is 2.09. The van der Waals surface area contributed by atoms with Gasteiger partial charge in [0.1, 0.15) is 0 Å². The molecule has 0 aliphatic carbocycles. The van der Waals surface area contributed by atoms with Crippen molar-refractivity contribution in [2.75, 3.05) is 6.61 Å². The number of carbonyl (C=O) groups excluding carboxylic acids is 1. The van der Waals surface area contributed by atoms with Crippen LogP contribution in [0.3, 0.4) is 0 Å². The summed E-state index contributed by atoms with van der Waals surface area (Å²) in [6, 6.07) is 9.25. The fourth-order valence-electron chi connectivity index (χ4n) is 1.30. The van der Waals surface area contributed by atoms with Gasteiger partial charge < -0.3 is 9.84 Å². The molecule has 1 rings (SSSR count). The van der Waals surface area contributed by atoms with E-state index in [0.29, 0.717) is 6.61 Å². The van der Waals surface area contributed by atoms with Crippen LogP contribution >= 0.6 is 15.9 Å². The van der Waals surface area contributed by atoms with Crippen molar-refractivity contribution in [3.63, 3.8) is 0 Å². The molecule has 0 aliphatic rings. The number of hydrogen-bond donors (Lipinski definition) is 1. The zero-order valence-electron chi connectivity index (χ0n) is 9.54. The number of ether oxygens (including phenoxy) is 1. The lowest BCUT2D eigenvalue weighted by atomic mass is 10.1. The van der Waals surface area contributed by atoms with Gasteiger partial charge in [-0.1, -0.05) is 52.3 Å². The molecule has 4 heteroatoms. The second-order valence-electron chi connectivity index (χ2n) is 3.41. The van der Waals surface area contributed by atoms with Crippen molar-refractivity contribution in [1.29, 1.82) is 0 Å². The van der Waals surface area contributed by atoms with Gasteiger partial charge in [-0.15, -0.1) is 0 Å². The summed E-state index contributed by atoms with van der Waals surface area (Å²) < 4.78 is 4.75. The van der Waals surface area contributed by atoms with E-state index in [1.54, 1.807) is 13.0 Å². The van der Waals surface area contributed by atoms with Gasteiger partial charge in [-0.25, -0.2) is 4.79 Å². The molecular weight excluding hydrogens is 284 g/mol. The van der Waals surface area contributed by atoms with E-state index in [1.165, 1.54) is 6.08 Å². The molecule has 1 N–H and O–H groups in total. The number of rotatable bonds is 5. The molecule has 1 aromatic carbocycles. The maximum absolute atomic E-state index is 11.1. The molecule has 0 radical (unpaired) electrons. The van der Waals surface area contributed by atoms with Gasteiger partial charge in [0.15, 0.2) is 0 Å². The highest BCUT2D eigenvalue weighted by atomic mass is 79.9. The van der Waals surface area contributed by atoms with Crippen molar-refractivity contribution in [3.8, 4) is 0 Å². The van der Waals surface area contributed by atoms with Gasteiger partial charge in [0, 0.05) is 6.08 Å². The number of aliphatic hydroxyl groups excluding tert-OH is 1. The van der Waals surface area contributed by atoms with Crippen LogP contribution in [0.15, 0.2) is 42.5 Å². The van der Waals surface area contributed by atoms with E-state index >= 15 is 0 Å². The van der Waals surface area contributed by atoms with Gasteiger partial charge in [-0.3, -0.25) is 0 Å². The predicted molar refractivity (Wildman–Crippen MR) is 69.9 cm³/mol. The predicted octanol–water partition coefficient (Wildman–Crippen LogP) is 2.60. The Hall–Kier alpha value is -1.13. The summed E-state index contributed by atoms with van der Waals surface area (Å²) in [5.74, 6) is -0.405. The standard InChI is InChI=1S/C13H15BrO3/c1-2-17-12(15)9-8-11(14)13(16)10-6-4-3-5-7-10/h3-9,11,13,16H,2H2,1H3/b9-8+/t11-,13+/m0/s1. The van der Waals surface area contributed by atoms with Crippen LogP contribution < -0.4 is 0 Å². The third-order valence-corrected chi connectivity index (χ3v) is 2.95. The van der Waals surface area contributed by atoms with Crippen molar-refractivity contribution >= 4 is 21.9 Å². The Kier molecular flexibility index (Phi) is 5.94. The third kappa shape index (κ3) is 4.71. The molecule has 0 amide bonds. The molecule has 0 aromatic heterocycles. The Labute approximate surface area is 109 Å². The summed E-state index contributed by atoms with van der Waals surface area (Å²) in [6.07, 6.45) is 2.20. The summed E-state index contributed by atoms with van der Waals surface area (Å²) in [4.78, 5) is 10.8. The van der Waals surface area contributed by atoms with E-state index in [0.717, 1.165) is 5.56 Å². The molecule has 0 spiro atoms. The minimum absolute atomic E-state index is 0.325. The number of alkyl halides is 1. The van der Waals surface area contributed by atoms with E-state index in [9.17, 15) is 9.90 Å². The first kappa shape index (κ1) is 13.9. The van der Waals surface area contributed by atoms with Gasteiger partial charge in [0.05, 0.1) is 17.5 Å². The summed E-state index contributed by atoms with van der Waals surface area (Å²) >= 11 is 3.32. The van der Waals surface area contributed by atoms with Crippen LogP contribution in [0, 0.1) is 0 Å². The Morgan fingerprint density at radius 2 is 2.12 bits per heavy atom. The fourth-order valence-corrected chi connectivity index (χ4v) is 1.76. The van der Waals surface area contributed by atoms with E-state index in [1.807, 2.05) is 30.3 Å². The molecule has 92 valence electrons. The second kappa shape index (κ2) is 7.25. The zero-order valence-corrected chi connectivity index (χ0v) is 11.1. The van der Waals surface area contributed by atoms with Crippen LogP contribution in [0.25, 0.3) is 0 Å². The Morgan fingerprint density at radius 1 is 1.47 bits per heavy atom. The highest BCUT2D eigenvalue weighted by Gasteiger charge is 2.15. The smallest absolute Gasteiger partial charge is 0.330 e. The summed E-state index contributed by atoms with van der Waals surface area (Å²) in [7, 11) is 0. The number of esters is 1. The molecule has 0 heterocycles. The van der Waals surface area contributed by atoms with Gasteiger partial charge in [-0.2, -0.15) is 0 Å². The largest absolute Gasteiger partial charge is 0.463 e. The van der Waals surface area contributed by atoms with Gasteiger partial charge in [0.2, 0.25) is 0 Å². The first-order valence-corrected chi connectivity index (χ1v) is 6.28. The molecule has 17 heavy (non-hydrogen) atoms. The maximum atomic E-state index is 11.1. The van der Waals surface area contributed by atoms with E-state index < -0.39 is 12.1 Å². The lowest BCUT2D eigenvalue weighted by Crippen LogP contribution is -2.10. The van der Waals surface area contributed by atoms with Crippen molar-refractivity contribution in [3.05, 3.63) is 48.0 Å². The number of carbonyl (C=O) groups is 1. The normalized spacial score (nSPS) is 14.5. The molecule has 0 bridgehead atoms. The maximum Gasteiger partial charge on any atom is 0.330 e. The van der Waals surface area contributed by atoms with Gasteiger partial charge in [-0.05, 0) is 12.5 Å². The summed E-state index contributed by atoms with van der Waals surface area (Å²) in [5.41, 5.74) is 0.794. The lowest BCUT2D eigenvalue weighted by molar-refractivity contribution is -0.137. The van der Waals surface area contributed by atoms with Crippen LogP contribution in [-0.4, -0.2) is 22.5 Å². The second-order valence-corrected chi connectivity index (χ2v) is 4.47. The van der Waals surface area contributed by atoms with Crippen molar-refractivity contribution in [2.24, 2.45) is 0 Å². The topological polar surface area (TPSA) is 46.5 Å². The molecule has 0 aliphatic heterocycles. The average Bonchev–Trinajstić information content (AvgIpc) is 2.36. The lowest BCUT2D eigenvalue weighted by Gasteiger charge is -2.13. The Morgan fingerprint density at radius 3 is 2.71 bits per heavy atom. The minimum atomic E-state index is -0.693. The number of aliphatic hydroxyl groups is 1. The number of benzene rings is 1. The quantitative estimate of drug-likeness (QED) is 0.516. The molecule has 2 atom stereocenters. The van der Waals surface area contributed by atoms with Crippen LogP contribution in [0.2, 0.25) is 0 Å². The SMILES string of the molecule is CCOC(=O)/C=C/[C@H](Br)[C@H](O)c1ccccc1. The Balaban J connectivity index is 2.59. The minimum Gasteiger partial charge on any atom is -0.463 e. The van der Waals surface area contributed by atoms with Crippen LogP contribution in [0.1, 0.15) is 18.6 Å². The van der Waals surface area contributed by atoms with E-state index in [4.69, 9.17) is 4.74 Å². The highest BCUT2D eigenvalue weighted by molar-refractivity contribution is 9.09. The van der Waals surface area contributed by atoms with Crippen molar-refractivity contribution in [2.45, 2.75) is 17.9 Å². The molecule has 0 saturated heterocycles. The average molecular weight is 299 g/mol. The third-order valence-electron chi connectivity index (χ3n) is 2.15. The molecule has 0 unspecified atom stereocenters. The van der Waals surface area contributed by atoms with Crippen molar-refractivity contribution < 1.29 is 14.6 Å². The van der Waals surface area contributed by atoms with E-state index in [-0.39, 0.29) is 4.83 Å². The van der Waals surface area contributed by atoms with Gasteiger partial charge in [0.25, 0.3) is 0 Å². The highest BCUT2D eigenvalue weighted by Crippen LogP contribution is 2.23. The Bertz CT molecular complexity index is 376. The number of hydrogen-bond acceptors (Lipinski definition) is 3. The summed E-state index contributed by atoms with van der Waals surface area (Å²) in [5, 5.41) is 9.98. The molecular formula is C13H15BrO3. The number of halogens is 1. The van der Waals surface area contributed by atoms with Gasteiger partial charge >= 0.3 is 5.97 Å².